The van der Waals surface area contributed by atoms with E-state index < -0.39 is 23.2 Å². The van der Waals surface area contributed by atoms with Crippen LogP contribution < -0.4 is 5.56 Å². The van der Waals surface area contributed by atoms with E-state index in [1.807, 2.05) is 19.0 Å². The van der Waals surface area contributed by atoms with Crippen LogP contribution >= 0.6 is 12.4 Å². The van der Waals surface area contributed by atoms with Gasteiger partial charge in [0, 0.05) is 29.3 Å². The number of pyridine rings is 1. The Hall–Kier alpha value is -4.48. The van der Waals surface area contributed by atoms with Crippen molar-refractivity contribution in [1.29, 1.82) is 0 Å². The van der Waals surface area contributed by atoms with Crippen molar-refractivity contribution in [2.45, 2.75) is 6.54 Å². The maximum atomic E-state index is 15.3. The first-order valence-electron chi connectivity index (χ1n) is 12.2. The number of rotatable bonds is 7. The molecule has 6 rings (SSSR count). The standard InChI is InChI=1S/C28H23F2N5O4.ClH/c1-34(2)7-9-39-28(37)25-23(18-4-3-6-31-27(18)36)24-22(12-20(30)17-5-8-38-26(17)24)35(25)14-16-10-15-13-32-33-21(15)11-19(16)29;/h3-6,8,10-13H,7,9,14H2,1-2H3,(H,31,36)(H,32,33);1H. The van der Waals surface area contributed by atoms with Gasteiger partial charge in [-0.25, -0.2) is 13.6 Å². The lowest BCUT2D eigenvalue weighted by atomic mass is 10.0. The zero-order valence-electron chi connectivity index (χ0n) is 21.5. The second kappa shape index (κ2) is 10.6. The van der Waals surface area contributed by atoms with Gasteiger partial charge in [-0.05, 0) is 50.5 Å². The lowest BCUT2D eigenvalue weighted by Crippen LogP contribution is -2.22. The lowest BCUT2D eigenvalue weighted by Gasteiger charge is -2.14. The van der Waals surface area contributed by atoms with Gasteiger partial charge in [0.05, 0.1) is 46.4 Å². The minimum Gasteiger partial charge on any atom is -0.463 e. The molecule has 0 saturated heterocycles. The summed E-state index contributed by atoms with van der Waals surface area (Å²) in [5.41, 5.74) is 1.05. The van der Waals surface area contributed by atoms with Gasteiger partial charge in [-0.2, -0.15) is 5.10 Å². The number of aromatic nitrogens is 4. The van der Waals surface area contributed by atoms with Crippen molar-refractivity contribution in [3.63, 3.8) is 0 Å². The number of fused-ring (bicyclic) bond motifs is 4. The van der Waals surface area contributed by atoms with Crippen molar-refractivity contribution in [2.75, 3.05) is 27.2 Å². The molecular weight excluding hydrogens is 544 g/mol. The van der Waals surface area contributed by atoms with Crippen LogP contribution in [-0.4, -0.2) is 57.9 Å². The number of nitrogens with one attached hydrogen (secondary N) is 2. The summed E-state index contributed by atoms with van der Waals surface area (Å²) in [6.45, 7) is 0.367. The van der Waals surface area contributed by atoms with Gasteiger partial charge in [-0.1, -0.05) is 0 Å². The zero-order chi connectivity index (χ0) is 27.3. The Balaban J connectivity index is 0.00000323. The Morgan fingerprint density at radius 2 is 2.00 bits per heavy atom. The number of benzene rings is 2. The van der Waals surface area contributed by atoms with Crippen LogP contribution in [0, 0.1) is 11.6 Å². The minimum atomic E-state index is -0.740. The number of hydrogen-bond acceptors (Lipinski definition) is 6. The molecule has 0 aliphatic rings. The molecule has 40 heavy (non-hydrogen) atoms. The average Bonchev–Trinajstić information content (AvgIpc) is 3.62. The number of ether oxygens (including phenoxy) is 1. The Morgan fingerprint density at radius 1 is 1.18 bits per heavy atom. The number of halogens is 3. The maximum Gasteiger partial charge on any atom is 0.355 e. The highest BCUT2D eigenvalue weighted by Gasteiger charge is 2.30. The summed E-state index contributed by atoms with van der Waals surface area (Å²) in [4.78, 5) is 31.2. The largest absolute Gasteiger partial charge is 0.463 e. The van der Waals surface area contributed by atoms with Gasteiger partial charge < -0.3 is 23.6 Å². The van der Waals surface area contributed by atoms with E-state index >= 15 is 8.78 Å². The summed E-state index contributed by atoms with van der Waals surface area (Å²) >= 11 is 0. The topological polar surface area (TPSA) is 109 Å². The Morgan fingerprint density at radius 3 is 2.77 bits per heavy atom. The Kier molecular flexibility index (Phi) is 7.17. The third-order valence-corrected chi connectivity index (χ3v) is 6.70. The first-order chi connectivity index (χ1) is 18.8. The molecule has 2 aromatic carbocycles. The van der Waals surface area contributed by atoms with E-state index in [9.17, 15) is 9.59 Å². The highest BCUT2D eigenvalue weighted by molar-refractivity contribution is 6.17. The number of carbonyl (C=O) groups is 1. The molecule has 9 nitrogen and oxygen atoms in total. The maximum absolute atomic E-state index is 15.3. The minimum absolute atomic E-state index is 0. The van der Waals surface area contributed by atoms with E-state index in [1.165, 1.54) is 35.2 Å². The van der Waals surface area contributed by atoms with Gasteiger partial charge in [0.2, 0.25) is 0 Å². The van der Waals surface area contributed by atoms with E-state index in [4.69, 9.17) is 9.15 Å². The predicted molar refractivity (Wildman–Crippen MR) is 149 cm³/mol. The molecule has 4 heterocycles. The van der Waals surface area contributed by atoms with Crippen LogP contribution in [0.15, 0.2) is 64.3 Å². The zero-order valence-corrected chi connectivity index (χ0v) is 22.3. The van der Waals surface area contributed by atoms with Gasteiger partial charge in [-0.3, -0.25) is 9.89 Å². The van der Waals surface area contributed by atoms with Crippen molar-refractivity contribution < 1.29 is 22.7 Å². The summed E-state index contributed by atoms with van der Waals surface area (Å²) in [7, 11) is 3.68. The van der Waals surface area contributed by atoms with Crippen LogP contribution in [0.4, 0.5) is 8.78 Å². The van der Waals surface area contributed by atoms with Crippen molar-refractivity contribution in [1.82, 2.24) is 24.6 Å². The molecule has 0 aliphatic carbocycles. The molecule has 0 amide bonds. The first-order valence-corrected chi connectivity index (χ1v) is 12.2. The van der Waals surface area contributed by atoms with E-state index in [0.717, 1.165) is 0 Å². The molecule has 0 atom stereocenters. The number of likely N-dealkylation sites (N-methyl/N-ethyl adjacent to an activating group) is 1. The van der Waals surface area contributed by atoms with Crippen LogP contribution in [0.25, 0.3) is 43.9 Å². The van der Waals surface area contributed by atoms with E-state index in [0.29, 0.717) is 22.8 Å². The summed E-state index contributed by atoms with van der Waals surface area (Å²) in [6.07, 6.45) is 4.37. The second-order valence-corrected chi connectivity index (χ2v) is 9.48. The third kappa shape index (κ3) is 4.52. The first kappa shape index (κ1) is 27.1. The van der Waals surface area contributed by atoms with E-state index in [-0.39, 0.29) is 64.4 Å². The van der Waals surface area contributed by atoms with E-state index in [1.54, 1.807) is 24.4 Å². The van der Waals surface area contributed by atoms with Gasteiger partial charge >= 0.3 is 5.97 Å². The summed E-state index contributed by atoms with van der Waals surface area (Å²) in [5.74, 6) is -1.87. The summed E-state index contributed by atoms with van der Waals surface area (Å²) in [6, 6.07) is 8.84. The Bertz CT molecular complexity index is 1940. The summed E-state index contributed by atoms with van der Waals surface area (Å²) < 4.78 is 43.3. The molecule has 4 aromatic heterocycles. The highest BCUT2D eigenvalue weighted by Crippen LogP contribution is 2.40. The molecule has 0 spiro atoms. The van der Waals surface area contributed by atoms with Gasteiger partial charge in [0.15, 0.2) is 0 Å². The molecule has 0 aliphatic heterocycles. The van der Waals surface area contributed by atoms with Crippen LogP contribution in [0.5, 0.6) is 0 Å². The molecule has 206 valence electrons. The number of carbonyl (C=O) groups excluding carboxylic acids is 1. The second-order valence-electron chi connectivity index (χ2n) is 9.48. The number of aromatic amines is 2. The molecule has 0 saturated carbocycles. The fourth-order valence-corrected chi connectivity index (χ4v) is 4.86. The number of nitrogens with zero attached hydrogens (tertiary/aromatic N) is 3. The highest BCUT2D eigenvalue weighted by atomic mass is 35.5. The van der Waals surface area contributed by atoms with Crippen molar-refractivity contribution in [2.24, 2.45) is 0 Å². The van der Waals surface area contributed by atoms with Gasteiger partial charge in [0.25, 0.3) is 5.56 Å². The normalized spacial score (nSPS) is 11.5. The van der Waals surface area contributed by atoms with E-state index in [2.05, 4.69) is 15.2 Å². The quantitative estimate of drug-likeness (QED) is 0.260. The molecule has 0 unspecified atom stereocenters. The molecule has 6 aromatic rings. The molecule has 0 fully saturated rings. The monoisotopic (exact) mass is 567 g/mol. The molecule has 0 bridgehead atoms. The number of furan rings is 1. The van der Waals surface area contributed by atoms with Crippen LogP contribution in [-0.2, 0) is 11.3 Å². The van der Waals surface area contributed by atoms with Crippen molar-refractivity contribution >= 4 is 51.2 Å². The van der Waals surface area contributed by atoms with Crippen LogP contribution in [0.3, 0.4) is 0 Å². The summed E-state index contributed by atoms with van der Waals surface area (Å²) in [5, 5.41) is 7.87. The average molecular weight is 568 g/mol. The Labute approximate surface area is 231 Å². The number of H-pyrrole nitrogens is 2. The SMILES string of the molecule is CN(C)CCOC(=O)c1c(-c2ccc[nH]c2=O)c2c3occc3c(F)cc2n1Cc1cc2cn[nH]c2cc1F.Cl. The fraction of sp³-hybridized carbons (Fsp3) is 0.179. The molecule has 0 radical (unpaired) electrons. The molecule has 12 heteroatoms. The fourth-order valence-electron chi connectivity index (χ4n) is 4.86. The smallest absolute Gasteiger partial charge is 0.355 e. The lowest BCUT2D eigenvalue weighted by molar-refractivity contribution is 0.0471. The number of hydrogen-bond donors (Lipinski definition) is 2. The molecule has 2 N–H and O–H groups in total. The van der Waals surface area contributed by atoms with Gasteiger partial charge in [-0.15, -0.1) is 12.4 Å². The van der Waals surface area contributed by atoms with Crippen molar-refractivity contribution in [3.8, 4) is 11.1 Å². The van der Waals surface area contributed by atoms with Crippen LogP contribution in [0.1, 0.15) is 16.1 Å². The third-order valence-electron chi connectivity index (χ3n) is 6.70. The molecular formula is C28H24ClF2N5O4. The van der Waals surface area contributed by atoms with Crippen LogP contribution in [0.2, 0.25) is 0 Å². The van der Waals surface area contributed by atoms with Gasteiger partial charge in [0.1, 0.15) is 29.5 Å². The van der Waals surface area contributed by atoms with Crippen molar-refractivity contribution in [3.05, 3.63) is 88.3 Å². The predicted octanol–water partition coefficient (Wildman–Crippen LogP) is 5.09. The number of esters is 1.